The van der Waals surface area contributed by atoms with E-state index in [-0.39, 0.29) is 29.9 Å². The Morgan fingerprint density at radius 1 is 1.07 bits per heavy atom. The van der Waals surface area contributed by atoms with E-state index in [1.807, 2.05) is 25.1 Å². The second-order valence-corrected chi connectivity index (χ2v) is 6.20. The van der Waals surface area contributed by atoms with E-state index < -0.39 is 11.6 Å². The van der Waals surface area contributed by atoms with Crippen LogP contribution in [0, 0.1) is 11.6 Å². The third-order valence-electron chi connectivity index (χ3n) is 4.13. The van der Waals surface area contributed by atoms with Crippen LogP contribution in [0.25, 0.3) is 0 Å². The van der Waals surface area contributed by atoms with Crippen LogP contribution in [0.15, 0.2) is 47.5 Å². The number of nitrogens with one attached hydrogen (secondary N) is 3. The van der Waals surface area contributed by atoms with Crippen LogP contribution < -0.4 is 16.0 Å². The molecule has 2 aromatic rings. The molecule has 0 aromatic heterocycles. The van der Waals surface area contributed by atoms with Crippen molar-refractivity contribution in [2.45, 2.75) is 19.8 Å². The molecule has 2 aromatic carbocycles. The number of guanidine groups is 1. The van der Waals surface area contributed by atoms with E-state index in [2.05, 4.69) is 20.9 Å². The van der Waals surface area contributed by atoms with E-state index in [0.717, 1.165) is 17.7 Å². The molecule has 0 aliphatic heterocycles. The van der Waals surface area contributed by atoms with Crippen LogP contribution in [0.1, 0.15) is 28.4 Å². The Labute approximate surface area is 187 Å². The first kappa shape index (κ1) is 24.8. The van der Waals surface area contributed by atoms with Crippen molar-refractivity contribution in [2.75, 3.05) is 26.7 Å². The number of benzene rings is 2. The normalized spacial score (nSPS) is 10.8. The topological polar surface area (TPSA) is 65.5 Å². The molecular weight excluding hydrogens is 489 g/mol. The monoisotopic (exact) mass is 516 g/mol. The van der Waals surface area contributed by atoms with E-state index in [1.165, 1.54) is 6.07 Å². The molecule has 0 bridgehead atoms. The van der Waals surface area contributed by atoms with E-state index in [9.17, 15) is 13.6 Å². The van der Waals surface area contributed by atoms with Gasteiger partial charge in [-0.2, -0.15) is 0 Å². The fraction of sp³-hybridized carbons (Fsp3) is 0.333. The first-order valence-corrected chi connectivity index (χ1v) is 9.30. The zero-order valence-electron chi connectivity index (χ0n) is 16.6. The van der Waals surface area contributed by atoms with Crippen LogP contribution in [0.3, 0.4) is 0 Å². The minimum absolute atomic E-state index is 0. The SMILES string of the molecule is CCNC(=NCCc1cc(F)ccc1F)NCCc1cccc(C(=O)NC)c1.I. The summed E-state index contributed by atoms with van der Waals surface area (Å²) in [4.78, 5) is 16.1. The standard InChI is InChI=1S/C21H26F2N4O.HI/c1-3-25-21(27-12-10-16-14-18(22)7-8-19(16)23)26-11-9-15-5-4-6-17(13-15)20(28)24-2;/h4-8,13-14H,3,9-12H2,1-2H3,(H,24,28)(H2,25,26,27);1H. The molecule has 0 fully saturated rings. The molecule has 8 heteroatoms. The average Bonchev–Trinajstić information content (AvgIpc) is 2.70. The van der Waals surface area contributed by atoms with Gasteiger partial charge in [0.25, 0.3) is 5.91 Å². The van der Waals surface area contributed by atoms with Crippen LogP contribution >= 0.6 is 24.0 Å². The number of rotatable bonds is 8. The number of nitrogens with zero attached hydrogens (tertiary/aromatic N) is 1. The highest BCUT2D eigenvalue weighted by atomic mass is 127. The van der Waals surface area contributed by atoms with Crippen LogP contribution in [-0.2, 0) is 12.8 Å². The molecule has 3 N–H and O–H groups in total. The largest absolute Gasteiger partial charge is 0.357 e. The summed E-state index contributed by atoms with van der Waals surface area (Å²) in [5, 5.41) is 8.95. The summed E-state index contributed by atoms with van der Waals surface area (Å²) < 4.78 is 26.9. The zero-order valence-corrected chi connectivity index (χ0v) is 18.9. The summed E-state index contributed by atoms with van der Waals surface area (Å²) in [6.45, 7) is 3.60. The highest BCUT2D eigenvalue weighted by Crippen LogP contribution is 2.10. The Balaban J connectivity index is 0.00000420. The lowest BCUT2D eigenvalue weighted by Crippen LogP contribution is -2.38. The van der Waals surface area contributed by atoms with Crippen LogP contribution in [0.2, 0.25) is 0 Å². The third-order valence-corrected chi connectivity index (χ3v) is 4.13. The quantitative estimate of drug-likeness (QED) is 0.287. The van der Waals surface area contributed by atoms with Gasteiger partial charge in [0.15, 0.2) is 5.96 Å². The van der Waals surface area contributed by atoms with Gasteiger partial charge in [-0.3, -0.25) is 9.79 Å². The van der Waals surface area contributed by atoms with Crippen LogP contribution in [-0.4, -0.2) is 38.5 Å². The van der Waals surface area contributed by atoms with Gasteiger partial charge < -0.3 is 16.0 Å². The van der Waals surface area contributed by atoms with Gasteiger partial charge >= 0.3 is 0 Å². The van der Waals surface area contributed by atoms with Crippen molar-refractivity contribution >= 4 is 35.8 Å². The van der Waals surface area contributed by atoms with Crippen LogP contribution in [0.4, 0.5) is 8.78 Å². The molecular formula is C21H27F2IN4O. The van der Waals surface area contributed by atoms with E-state index in [0.29, 0.717) is 49.6 Å². The first-order valence-electron chi connectivity index (χ1n) is 9.30. The lowest BCUT2D eigenvalue weighted by Gasteiger charge is -2.12. The first-order chi connectivity index (χ1) is 13.5. The summed E-state index contributed by atoms with van der Waals surface area (Å²) in [5.74, 6) is -0.383. The number of amides is 1. The molecule has 2 rings (SSSR count). The summed E-state index contributed by atoms with van der Waals surface area (Å²) in [7, 11) is 1.60. The lowest BCUT2D eigenvalue weighted by atomic mass is 10.1. The lowest BCUT2D eigenvalue weighted by molar-refractivity contribution is 0.0963. The molecule has 0 saturated heterocycles. The predicted molar refractivity (Wildman–Crippen MR) is 123 cm³/mol. The predicted octanol–water partition coefficient (Wildman–Crippen LogP) is 3.28. The van der Waals surface area contributed by atoms with Gasteiger partial charge in [0.1, 0.15) is 11.6 Å². The molecule has 158 valence electrons. The molecule has 0 unspecified atom stereocenters. The van der Waals surface area contributed by atoms with Crippen molar-refractivity contribution in [2.24, 2.45) is 4.99 Å². The second kappa shape index (κ2) is 13.1. The summed E-state index contributed by atoms with van der Waals surface area (Å²) >= 11 is 0. The maximum absolute atomic E-state index is 13.7. The molecule has 1 amide bonds. The van der Waals surface area contributed by atoms with Gasteiger partial charge in [-0.05, 0) is 61.2 Å². The van der Waals surface area contributed by atoms with Crippen molar-refractivity contribution in [3.8, 4) is 0 Å². The molecule has 0 radical (unpaired) electrons. The Morgan fingerprint density at radius 3 is 2.59 bits per heavy atom. The minimum atomic E-state index is -0.454. The van der Waals surface area contributed by atoms with Gasteiger partial charge in [0.2, 0.25) is 0 Å². The summed E-state index contributed by atoms with van der Waals surface area (Å²) in [6.07, 6.45) is 1.03. The number of hydrogen-bond acceptors (Lipinski definition) is 2. The molecule has 0 aliphatic rings. The number of halogens is 3. The van der Waals surface area contributed by atoms with Gasteiger partial charge in [0, 0.05) is 32.2 Å². The van der Waals surface area contributed by atoms with E-state index in [1.54, 1.807) is 13.1 Å². The Kier molecular flexibility index (Phi) is 11.2. The van der Waals surface area contributed by atoms with E-state index in [4.69, 9.17) is 0 Å². The van der Waals surface area contributed by atoms with Gasteiger partial charge in [-0.1, -0.05) is 12.1 Å². The van der Waals surface area contributed by atoms with Gasteiger partial charge in [-0.15, -0.1) is 24.0 Å². The maximum Gasteiger partial charge on any atom is 0.251 e. The van der Waals surface area contributed by atoms with Crippen molar-refractivity contribution in [3.05, 3.63) is 70.8 Å². The maximum atomic E-state index is 13.7. The molecule has 29 heavy (non-hydrogen) atoms. The van der Waals surface area contributed by atoms with Crippen molar-refractivity contribution in [1.82, 2.24) is 16.0 Å². The number of hydrogen-bond donors (Lipinski definition) is 3. The van der Waals surface area contributed by atoms with Crippen molar-refractivity contribution < 1.29 is 13.6 Å². The molecule has 0 saturated carbocycles. The van der Waals surface area contributed by atoms with Gasteiger partial charge in [0.05, 0.1) is 0 Å². The smallest absolute Gasteiger partial charge is 0.251 e. The van der Waals surface area contributed by atoms with E-state index >= 15 is 0 Å². The minimum Gasteiger partial charge on any atom is -0.357 e. The molecule has 0 aliphatic carbocycles. The Bertz CT molecular complexity index is 830. The van der Waals surface area contributed by atoms with Crippen molar-refractivity contribution in [1.29, 1.82) is 0 Å². The van der Waals surface area contributed by atoms with Gasteiger partial charge in [-0.25, -0.2) is 8.78 Å². The Morgan fingerprint density at radius 2 is 1.86 bits per heavy atom. The second-order valence-electron chi connectivity index (χ2n) is 6.20. The number of carbonyl (C=O) groups excluding carboxylic acids is 1. The fourth-order valence-electron chi connectivity index (χ4n) is 2.70. The number of aliphatic imine (C=N–C) groups is 1. The summed E-state index contributed by atoms with van der Waals surface area (Å²) in [6, 6.07) is 10.9. The molecule has 5 nitrogen and oxygen atoms in total. The molecule has 0 heterocycles. The highest BCUT2D eigenvalue weighted by Gasteiger charge is 2.05. The highest BCUT2D eigenvalue weighted by molar-refractivity contribution is 14.0. The number of carbonyl (C=O) groups is 1. The third kappa shape index (κ3) is 8.35. The van der Waals surface area contributed by atoms with Crippen molar-refractivity contribution in [3.63, 3.8) is 0 Å². The zero-order chi connectivity index (χ0) is 20.4. The van der Waals surface area contributed by atoms with Crippen LogP contribution in [0.5, 0.6) is 0 Å². The molecule has 0 spiro atoms. The molecule has 0 atom stereocenters. The Hall–Kier alpha value is -2.23. The average molecular weight is 516 g/mol. The fourth-order valence-corrected chi connectivity index (χ4v) is 2.70. The summed E-state index contributed by atoms with van der Waals surface area (Å²) in [5.41, 5.74) is 1.97.